The summed E-state index contributed by atoms with van der Waals surface area (Å²) in [5.74, 6) is 1.52. The Morgan fingerprint density at radius 2 is 1.81 bits per heavy atom. The van der Waals surface area contributed by atoms with E-state index < -0.39 is 0 Å². The van der Waals surface area contributed by atoms with Crippen molar-refractivity contribution in [3.8, 4) is 11.5 Å². The first-order chi connectivity index (χ1) is 15.1. The molecular weight excluding hydrogens is 414 g/mol. The topological polar surface area (TPSA) is 54.0 Å². The SMILES string of the molecule is COc1ccc(OC)c(C2CCCN2C(=O)Nc2ccc(N3CCCCC3)c(Cl)c2)c1. The van der Waals surface area contributed by atoms with Crippen LogP contribution in [-0.2, 0) is 0 Å². The van der Waals surface area contributed by atoms with Crippen LogP contribution in [0, 0.1) is 0 Å². The van der Waals surface area contributed by atoms with E-state index in [2.05, 4.69) is 10.2 Å². The molecule has 1 N–H and O–H groups in total. The highest BCUT2D eigenvalue weighted by Gasteiger charge is 2.32. The van der Waals surface area contributed by atoms with Crippen LogP contribution in [0.4, 0.5) is 16.2 Å². The lowest BCUT2D eigenvalue weighted by atomic mass is 10.0. The molecule has 2 aromatic rings. The summed E-state index contributed by atoms with van der Waals surface area (Å²) in [7, 11) is 3.29. The summed E-state index contributed by atoms with van der Waals surface area (Å²) in [6.07, 6.45) is 5.48. The molecule has 31 heavy (non-hydrogen) atoms. The minimum absolute atomic E-state index is 0.0619. The first-order valence-electron chi connectivity index (χ1n) is 10.9. The molecule has 166 valence electrons. The third-order valence-corrected chi connectivity index (χ3v) is 6.51. The molecule has 0 bridgehead atoms. The molecule has 0 radical (unpaired) electrons. The summed E-state index contributed by atoms with van der Waals surface area (Å²) in [5, 5.41) is 3.71. The van der Waals surface area contributed by atoms with Crippen molar-refractivity contribution in [3.05, 3.63) is 47.0 Å². The lowest BCUT2D eigenvalue weighted by Crippen LogP contribution is -2.34. The second-order valence-electron chi connectivity index (χ2n) is 8.10. The van der Waals surface area contributed by atoms with E-state index in [0.717, 1.165) is 48.7 Å². The molecule has 1 atom stereocenters. The lowest BCUT2D eigenvalue weighted by Gasteiger charge is -2.30. The average Bonchev–Trinajstić information content (AvgIpc) is 3.29. The number of rotatable bonds is 5. The van der Waals surface area contributed by atoms with Crippen LogP contribution >= 0.6 is 11.6 Å². The van der Waals surface area contributed by atoms with Crippen LogP contribution < -0.4 is 19.7 Å². The standard InChI is InChI=1S/C24H30ClN3O3/c1-30-18-9-11-23(31-2)19(16-18)21-7-6-14-28(21)24(29)26-17-8-10-22(20(25)15-17)27-12-4-3-5-13-27/h8-11,15-16,21H,3-7,12-14H2,1-2H3,(H,26,29). The quantitative estimate of drug-likeness (QED) is 0.642. The van der Waals surface area contributed by atoms with Gasteiger partial charge in [-0.15, -0.1) is 0 Å². The molecule has 6 nitrogen and oxygen atoms in total. The number of hydrogen-bond donors (Lipinski definition) is 1. The minimum Gasteiger partial charge on any atom is -0.497 e. The van der Waals surface area contributed by atoms with Crippen LogP contribution in [0.1, 0.15) is 43.7 Å². The minimum atomic E-state index is -0.130. The van der Waals surface area contributed by atoms with Gasteiger partial charge >= 0.3 is 6.03 Å². The van der Waals surface area contributed by atoms with Gasteiger partial charge in [0.15, 0.2) is 0 Å². The Morgan fingerprint density at radius 3 is 2.52 bits per heavy atom. The summed E-state index contributed by atoms with van der Waals surface area (Å²) >= 11 is 6.57. The van der Waals surface area contributed by atoms with Gasteiger partial charge in [0.1, 0.15) is 11.5 Å². The molecule has 2 aliphatic rings. The number of anilines is 2. The van der Waals surface area contributed by atoms with E-state index in [1.54, 1.807) is 14.2 Å². The number of urea groups is 1. The van der Waals surface area contributed by atoms with Crippen LogP contribution in [-0.4, -0.2) is 44.8 Å². The van der Waals surface area contributed by atoms with Crippen molar-refractivity contribution in [2.24, 2.45) is 0 Å². The third kappa shape index (κ3) is 4.69. The number of carbonyl (C=O) groups excluding carboxylic acids is 1. The largest absolute Gasteiger partial charge is 0.497 e. The molecule has 7 heteroatoms. The number of methoxy groups -OCH3 is 2. The zero-order valence-corrected chi connectivity index (χ0v) is 19.0. The van der Waals surface area contributed by atoms with Gasteiger partial charge < -0.3 is 24.6 Å². The molecule has 2 fully saturated rings. The number of nitrogens with zero attached hydrogens (tertiary/aromatic N) is 2. The summed E-state index contributed by atoms with van der Waals surface area (Å²) in [5.41, 5.74) is 2.71. The Bertz CT molecular complexity index is 930. The maximum absolute atomic E-state index is 13.1. The molecule has 1 unspecified atom stereocenters. The van der Waals surface area contributed by atoms with E-state index in [1.165, 1.54) is 19.3 Å². The molecule has 2 amide bonds. The Kier molecular flexibility index (Phi) is 6.76. The van der Waals surface area contributed by atoms with Crippen LogP contribution in [0.3, 0.4) is 0 Å². The third-order valence-electron chi connectivity index (χ3n) is 6.21. The maximum atomic E-state index is 13.1. The first-order valence-corrected chi connectivity index (χ1v) is 11.3. The lowest BCUT2D eigenvalue weighted by molar-refractivity contribution is 0.206. The molecule has 2 heterocycles. The summed E-state index contributed by atoms with van der Waals surface area (Å²) in [6, 6.07) is 11.3. The molecule has 2 aromatic carbocycles. The zero-order valence-electron chi connectivity index (χ0n) is 18.2. The van der Waals surface area contributed by atoms with E-state index in [1.807, 2.05) is 41.3 Å². The molecule has 2 saturated heterocycles. The number of carbonyl (C=O) groups is 1. The van der Waals surface area contributed by atoms with Gasteiger partial charge in [-0.2, -0.15) is 0 Å². The van der Waals surface area contributed by atoms with Gasteiger partial charge in [-0.05, 0) is 68.5 Å². The number of piperidine rings is 1. The fraction of sp³-hybridized carbons (Fsp3) is 0.458. The predicted octanol–water partition coefficient (Wildman–Crippen LogP) is 5.72. The van der Waals surface area contributed by atoms with Gasteiger partial charge in [-0.3, -0.25) is 0 Å². The van der Waals surface area contributed by atoms with Crippen molar-refractivity contribution in [2.45, 2.75) is 38.1 Å². The second-order valence-corrected chi connectivity index (χ2v) is 8.51. The van der Waals surface area contributed by atoms with Gasteiger partial charge in [0, 0.05) is 30.9 Å². The molecule has 0 spiro atoms. The van der Waals surface area contributed by atoms with Gasteiger partial charge in [-0.1, -0.05) is 11.6 Å². The Hall–Kier alpha value is -2.60. The van der Waals surface area contributed by atoms with Gasteiger partial charge in [0.25, 0.3) is 0 Å². The Morgan fingerprint density at radius 1 is 1.00 bits per heavy atom. The molecule has 0 saturated carbocycles. The zero-order chi connectivity index (χ0) is 21.8. The average molecular weight is 444 g/mol. The first kappa shape index (κ1) is 21.6. The fourth-order valence-electron chi connectivity index (χ4n) is 4.60. The van der Waals surface area contributed by atoms with Gasteiger partial charge in [-0.25, -0.2) is 4.79 Å². The summed E-state index contributed by atoms with van der Waals surface area (Å²) in [4.78, 5) is 17.3. The Labute approximate surface area is 189 Å². The number of hydrogen-bond acceptors (Lipinski definition) is 4. The fourth-order valence-corrected chi connectivity index (χ4v) is 4.90. The highest BCUT2D eigenvalue weighted by molar-refractivity contribution is 6.33. The van der Waals surface area contributed by atoms with Crippen molar-refractivity contribution in [2.75, 3.05) is 44.1 Å². The van der Waals surface area contributed by atoms with E-state index in [0.29, 0.717) is 17.3 Å². The van der Waals surface area contributed by atoms with Crippen LogP contribution in [0.5, 0.6) is 11.5 Å². The monoisotopic (exact) mass is 443 g/mol. The number of ether oxygens (including phenoxy) is 2. The smallest absolute Gasteiger partial charge is 0.322 e. The van der Waals surface area contributed by atoms with Crippen LogP contribution in [0.2, 0.25) is 5.02 Å². The van der Waals surface area contributed by atoms with Crippen molar-refractivity contribution < 1.29 is 14.3 Å². The number of halogens is 1. The molecular formula is C24H30ClN3O3. The number of amides is 2. The van der Waals surface area contributed by atoms with E-state index in [9.17, 15) is 4.79 Å². The van der Waals surface area contributed by atoms with E-state index in [-0.39, 0.29) is 12.1 Å². The van der Waals surface area contributed by atoms with Crippen molar-refractivity contribution in [1.82, 2.24) is 4.90 Å². The van der Waals surface area contributed by atoms with Crippen molar-refractivity contribution in [1.29, 1.82) is 0 Å². The Balaban J connectivity index is 1.50. The second kappa shape index (κ2) is 9.69. The van der Waals surface area contributed by atoms with E-state index in [4.69, 9.17) is 21.1 Å². The number of benzene rings is 2. The number of likely N-dealkylation sites (tertiary alicyclic amines) is 1. The van der Waals surface area contributed by atoms with Crippen molar-refractivity contribution in [3.63, 3.8) is 0 Å². The molecule has 4 rings (SSSR count). The highest BCUT2D eigenvalue weighted by atomic mass is 35.5. The summed E-state index contributed by atoms with van der Waals surface area (Å²) < 4.78 is 10.9. The molecule has 0 aromatic heterocycles. The summed E-state index contributed by atoms with van der Waals surface area (Å²) in [6.45, 7) is 2.75. The highest BCUT2D eigenvalue weighted by Crippen LogP contribution is 2.39. The normalized spacial score (nSPS) is 18.7. The maximum Gasteiger partial charge on any atom is 0.322 e. The van der Waals surface area contributed by atoms with Crippen LogP contribution in [0.15, 0.2) is 36.4 Å². The predicted molar refractivity (Wildman–Crippen MR) is 125 cm³/mol. The number of nitrogens with one attached hydrogen (secondary N) is 1. The van der Waals surface area contributed by atoms with Crippen LogP contribution in [0.25, 0.3) is 0 Å². The van der Waals surface area contributed by atoms with Gasteiger partial charge in [0.05, 0.1) is 31.0 Å². The van der Waals surface area contributed by atoms with Gasteiger partial charge in [0.2, 0.25) is 0 Å². The molecule has 0 aliphatic carbocycles. The van der Waals surface area contributed by atoms with E-state index >= 15 is 0 Å². The van der Waals surface area contributed by atoms with Crippen molar-refractivity contribution >= 4 is 29.0 Å². The molecule has 2 aliphatic heterocycles.